The minimum absolute atomic E-state index is 0.650. The third kappa shape index (κ3) is 2.43. The Morgan fingerprint density at radius 1 is 1.00 bits per heavy atom. The Balaban J connectivity index is 1.84. The van der Waals surface area contributed by atoms with E-state index in [1.54, 1.807) is 0 Å². The van der Waals surface area contributed by atoms with Gasteiger partial charge >= 0.3 is 0 Å². The van der Waals surface area contributed by atoms with Crippen LogP contribution in [0.25, 0.3) is 32.8 Å². The number of benzene rings is 3. The van der Waals surface area contributed by atoms with Gasteiger partial charge in [-0.1, -0.05) is 44.2 Å². The van der Waals surface area contributed by atoms with Crippen LogP contribution in [0.15, 0.2) is 54.7 Å². The smallest absolute Gasteiger partial charge is 0.257 e. The molecule has 0 atom stereocenters. The van der Waals surface area contributed by atoms with Crippen molar-refractivity contribution in [3.05, 3.63) is 65.9 Å². The monoisotopic (exact) mass is 354 g/mol. The zero-order valence-corrected chi connectivity index (χ0v) is 16.3. The molecule has 0 fully saturated rings. The van der Waals surface area contributed by atoms with E-state index in [0.717, 1.165) is 17.9 Å². The van der Waals surface area contributed by atoms with Gasteiger partial charge in [0.1, 0.15) is 12.8 Å². The lowest BCUT2D eigenvalue weighted by Crippen LogP contribution is -2.32. The number of aromatic nitrogens is 1. The van der Waals surface area contributed by atoms with Crippen molar-refractivity contribution >= 4 is 21.5 Å². The van der Waals surface area contributed by atoms with Gasteiger partial charge in [-0.2, -0.15) is 4.57 Å². The lowest BCUT2D eigenvalue weighted by Gasteiger charge is -2.22. The summed E-state index contributed by atoms with van der Waals surface area (Å²) in [6, 6.07) is 17.5. The highest BCUT2D eigenvalue weighted by molar-refractivity contribution is 6.06. The van der Waals surface area contributed by atoms with Crippen molar-refractivity contribution in [3.8, 4) is 22.8 Å². The van der Waals surface area contributed by atoms with Crippen LogP contribution in [0.3, 0.4) is 0 Å². The Morgan fingerprint density at radius 3 is 2.67 bits per heavy atom. The molecule has 0 N–H and O–H groups in total. The van der Waals surface area contributed by atoms with Gasteiger partial charge in [0.25, 0.3) is 5.69 Å². The summed E-state index contributed by atoms with van der Waals surface area (Å²) in [4.78, 5) is 0. The molecule has 0 saturated heterocycles. The third-order valence-electron chi connectivity index (χ3n) is 5.57. The second-order valence-electron chi connectivity index (χ2n) is 8.15. The Labute approximate surface area is 160 Å². The Morgan fingerprint density at radius 2 is 1.85 bits per heavy atom. The van der Waals surface area contributed by atoms with E-state index in [1.165, 1.54) is 43.9 Å². The van der Waals surface area contributed by atoms with E-state index in [-0.39, 0.29) is 0 Å². The first-order valence-corrected chi connectivity index (χ1v) is 9.69. The van der Waals surface area contributed by atoms with Gasteiger partial charge in [0.05, 0.1) is 5.56 Å². The van der Waals surface area contributed by atoms with Crippen molar-refractivity contribution in [2.75, 3.05) is 0 Å². The third-order valence-corrected chi connectivity index (χ3v) is 5.57. The maximum atomic E-state index is 6.50. The van der Waals surface area contributed by atoms with E-state index in [4.69, 9.17) is 4.74 Å². The lowest BCUT2D eigenvalue weighted by atomic mass is 9.92. The Bertz CT molecular complexity index is 1220. The maximum Gasteiger partial charge on any atom is 0.257 e. The van der Waals surface area contributed by atoms with Gasteiger partial charge in [0, 0.05) is 16.2 Å². The Hall–Kier alpha value is -2.87. The van der Waals surface area contributed by atoms with E-state index in [9.17, 15) is 0 Å². The van der Waals surface area contributed by atoms with Crippen LogP contribution < -0.4 is 9.30 Å². The highest BCUT2D eigenvalue weighted by Gasteiger charge is 2.30. The van der Waals surface area contributed by atoms with Crippen LogP contribution in [-0.2, 0) is 13.5 Å². The summed E-state index contributed by atoms with van der Waals surface area (Å²) in [5, 5.41) is 4.86. The average Bonchev–Trinajstić information content (AvgIpc) is 2.63. The average molecular weight is 354 g/mol. The van der Waals surface area contributed by atoms with E-state index >= 15 is 0 Å². The van der Waals surface area contributed by atoms with Gasteiger partial charge in [-0.15, -0.1) is 0 Å². The first kappa shape index (κ1) is 16.3. The van der Waals surface area contributed by atoms with E-state index in [0.29, 0.717) is 5.92 Å². The van der Waals surface area contributed by atoms with Gasteiger partial charge in [0.2, 0.25) is 5.75 Å². The number of hydrogen-bond acceptors (Lipinski definition) is 1. The molecule has 0 bridgehead atoms. The first-order chi connectivity index (χ1) is 13.0. The first-order valence-electron chi connectivity index (χ1n) is 9.69. The molecule has 1 aliphatic heterocycles. The van der Waals surface area contributed by atoms with Crippen LogP contribution in [0, 0.1) is 12.8 Å². The molecule has 3 aromatic carbocycles. The predicted octanol–water partition coefficient (Wildman–Crippen LogP) is 6.10. The highest BCUT2D eigenvalue weighted by atomic mass is 16.5. The quantitative estimate of drug-likeness (QED) is 0.349. The topological polar surface area (TPSA) is 13.1 Å². The minimum Gasteiger partial charge on any atom is -0.449 e. The van der Waals surface area contributed by atoms with Gasteiger partial charge < -0.3 is 4.74 Å². The predicted molar refractivity (Wildman–Crippen MR) is 111 cm³/mol. The molecule has 5 rings (SSSR count). The molecule has 0 unspecified atom stereocenters. The molecule has 2 heteroatoms. The van der Waals surface area contributed by atoms with Crippen molar-refractivity contribution in [2.45, 2.75) is 27.2 Å². The van der Waals surface area contributed by atoms with Gasteiger partial charge in [-0.25, -0.2) is 0 Å². The van der Waals surface area contributed by atoms with Gasteiger partial charge in [-0.3, -0.25) is 0 Å². The number of nitrogens with zero attached hydrogens (tertiary/aromatic N) is 1. The number of aryl methyl sites for hydroxylation is 2. The van der Waals surface area contributed by atoms with Crippen LogP contribution >= 0.6 is 0 Å². The van der Waals surface area contributed by atoms with Gasteiger partial charge in [0.15, 0.2) is 6.20 Å². The number of ether oxygens (including phenoxy) is 1. The summed E-state index contributed by atoms with van der Waals surface area (Å²) in [5.74, 6) is 2.58. The molecule has 0 spiro atoms. The Kier molecular flexibility index (Phi) is 3.51. The fourth-order valence-electron chi connectivity index (χ4n) is 4.43. The van der Waals surface area contributed by atoms with Crippen LogP contribution in [-0.4, -0.2) is 0 Å². The van der Waals surface area contributed by atoms with Crippen molar-refractivity contribution in [1.29, 1.82) is 0 Å². The fourth-order valence-corrected chi connectivity index (χ4v) is 4.43. The highest BCUT2D eigenvalue weighted by Crippen LogP contribution is 2.48. The number of hydrogen-bond donors (Lipinski definition) is 0. The fraction of sp³-hybridized carbons (Fsp3) is 0.240. The molecule has 0 radical (unpaired) electrons. The molecule has 1 aliphatic rings. The van der Waals surface area contributed by atoms with Crippen LogP contribution in [0.2, 0.25) is 0 Å². The normalized spacial score (nSPS) is 12.5. The van der Waals surface area contributed by atoms with E-state index in [1.807, 2.05) is 0 Å². The summed E-state index contributed by atoms with van der Waals surface area (Å²) in [5.41, 5.74) is 5.12. The number of fused-ring (bicyclic) bond motifs is 4. The van der Waals surface area contributed by atoms with Crippen molar-refractivity contribution in [1.82, 2.24) is 0 Å². The molecule has 134 valence electrons. The summed E-state index contributed by atoms with van der Waals surface area (Å²) < 4.78 is 8.73. The minimum atomic E-state index is 0.650. The number of rotatable bonds is 2. The van der Waals surface area contributed by atoms with Gasteiger partial charge in [-0.05, 0) is 54.0 Å². The lowest BCUT2D eigenvalue weighted by molar-refractivity contribution is -0.659. The summed E-state index contributed by atoms with van der Waals surface area (Å²) in [7, 11) is 2.13. The molecule has 4 aromatic rings. The second kappa shape index (κ2) is 5.82. The molecular formula is C25H24NO+. The SMILES string of the molecule is Cc1ccc2cccc3c2c1-c1c(c2ccc(CC(C)C)cc2c[n+]1C)O3. The number of pyridine rings is 1. The summed E-state index contributed by atoms with van der Waals surface area (Å²) in [6.45, 7) is 6.72. The van der Waals surface area contributed by atoms with Crippen molar-refractivity contribution < 1.29 is 9.30 Å². The largest absolute Gasteiger partial charge is 0.449 e. The van der Waals surface area contributed by atoms with E-state index < -0.39 is 0 Å². The van der Waals surface area contributed by atoms with E-state index in [2.05, 4.69) is 87.1 Å². The summed E-state index contributed by atoms with van der Waals surface area (Å²) >= 11 is 0. The summed E-state index contributed by atoms with van der Waals surface area (Å²) in [6.07, 6.45) is 3.34. The zero-order valence-electron chi connectivity index (χ0n) is 16.3. The maximum absolute atomic E-state index is 6.50. The van der Waals surface area contributed by atoms with Crippen LogP contribution in [0.4, 0.5) is 0 Å². The molecule has 27 heavy (non-hydrogen) atoms. The molecule has 1 aromatic heterocycles. The van der Waals surface area contributed by atoms with Crippen LogP contribution in [0.5, 0.6) is 11.5 Å². The zero-order chi connectivity index (χ0) is 18.7. The van der Waals surface area contributed by atoms with Crippen molar-refractivity contribution in [3.63, 3.8) is 0 Å². The standard InChI is InChI=1S/C25H24NO/c1-15(2)12-17-9-11-20-19(13-17)14-26(4)24-22-16(3)8-10-18-6-5-7-21(23(18)22)27-25(20)24/h5-11,13-15H,12H2,1-4H3/q+1. The van der Waals surface area contributed by atoms with Crippen LogP contribution in [0.1, 0.15) is 25.0 Å². The molecule has 0 aliphatic carbocycles. The molecule has 2 heterocycles. The molecule has 0 saturated carbocycles. The molecular weight excluding hydrogens is 330 g/mol. The second-order valence-corrected chi connectivity index (χ2v) is 8.15. The molecule has 0 amide bonds. The van der Waals surface area contributed by atoms with Crippen molar-refractivity contribution in [2.24, 2.45) is 13.0 Å². The molecule has 2 nitrogen and oxygen atoms in total.